The van der Waals surface area contributed by atoms with Crippen LogP contribution in [-0.2, 0) is 0 Å². The van der Waals surface area contributed by atoms with E-state index >= 15 is 0 Å². The van der Waals surface area contributed by atoms with E-state index in [1.54, 1.807) is 0 Å². The van der Waals surface area contributed by atoms with Crippen molar-refractivity contribution in [2.45, 2.75) is 0 Å². The first kappa shape index (κ1) is 15.3. The highest BCUT2D eigenvalue weighted by Gasteiger charge is 2.05. The van der Waals surface area contributed by atoms with Crippen molar-refractivity contribution in [3.8, 4) is 0 Å². The molecule has 0 aliphatic rings. The van der Waals surface area contributed by atoms with E-state index in [0.717, 1.165) is 14.5 Å². The highest BCUT2D eigenvalue weighted by atomic mass is 79.9. The molecule has 0 heterocycles. The molecule has 0 atom stereocenters. The summed E-state index contributed by atoms with van der Waals surface area (Å²) in [4.78, 5) is 0. The summed E-state index contributed by atoms with van der Waals surface area (Å²) in [6, 6.07) is 27.2. The van der Waals surface area contributed by atoms with Crippen molar-refractivity contribution < 1.29 is 0 Å². The quantitative estimate of drug-likeness (QED) is 0.414. The normalized spacial score (nSPS) is 10.3. The molecule has 0 nitrogen and oxygen atoms in total. The van der Waals surface area contributed by atoms with Gasteiger partial charge in [0.2, 0.25) is 0 Å². The molecule has 0 saturated heterocycles. The van der Waals surface area contributed by atoms with E-state index in [1.807, 2.05) is 18.2 Å². The van der Waals surface area contributed by atoms with Crippen LogP contribution in [0.5, 0.6) is 0 Å². The van der Waals surface area contributed by atoms with Crippen LogP contribution in [0.15, 0.2) is 87.8 Å². The fraction of sp³-hybridized carbons (Fsp3) is 0. The van der Waals surface area contributed by atoms with Crippen LogP contribution < -0.4 is 0 Å². The Balaban J connectivity index is 2.15. The highest BCUT2D eigenvalue weighted by molar-refractivity contribution is 9.11. The summed E-state index contributed by atoms with van der Waals surface area (Å²) >= 11 is 7.11. The van der Waals surface area contributed by atoms with Crippen molar-refractivity contribution in [1.29, 1.82) is 0 Å². The zero-order valence-electron chi connectivity index (χ0n) is 11.8. The molecule has 0 aliphatic heterocycles. The summed E-state index contributed by atoms with van der Waals surface area (Å²) < 4.78 is 2.13. The summed E-state index contributed by atoms with van der Waals surface area (Å²) in [7, 11) is 0. The molecule has 0 aliphatic carbocycles. The fourth-order valence-electron chi connectivity index (χ4n) is 2.39. The van der Waals surface area contributed by atoms with Gasteiger partial charge in [0, 0.05) is 8.95 Å². The van der Waals surface area contributed by atoms with Gasteiger partial charge in [0.15, 0.2) is 0 Å². The number of halogens is 2. The van der Waals surface area contributed by atoms with Crippen molar-refractivity contribution in [1.82, 2.24) is 0 Å². The molecule has 3 aromatic carbocycles. The second-order valence-electron chi connectivity index (χ2n) is 4.99. The lowest BCUT2D eigenvalue weighted by atomic mass is 9.96. The van der Waals surface area contributed by atoms with Gasteiger partial charge in [-0.3, -0.25) is 0 Å². The molecule has 0 amide bonds. The van der Waals surface area contributed by atoms with Gasteiger partial charge in [-0.05, 0) is 46.5 Å². The molecule has 108 valence electrons. The average Bonchev–Trinajstić information content (AvgIpc) is 2.53. The Morgan fingerprint density at radius 3 is 1.55 bits per heavy atom. The van der Waals surface area contributed by atoms with Crippen LogP contribution in [0, 0.1) is 0 Å². The smallest absolute Gasteiger partial charge is 0.0192 e. The van der Waals surface area contributed by atoms with E-state index in [2.05, 4.69) is 98.6 Å². The second kappa shape index (κ2) is 7.08. The molecular formula is C20H14Br2. The molecule has 0 aromatic heterocycles. The molecule has 0 spiro atoms. The van der Waals surface area contributed by atoms with Gasteiger partial charge in [-0.1, -0.05) is 92.5 Å². The minimum Gasteiger partial charge on any atom is -0.0622 e. The molecular weight excluding hydrogens is 400 g/mol. The molecule has 0 fully saturated rings. The molecule has 0 saturated carbocycles. The minimum atomic E-state index is 1.06. The highest BCUT2D eigenvalue weighted by Crippen LogP contribution is 2.28. The predicted molar refractivity (Wildman–Crippen MR) is 102 cm³/mol. The third-order valence-corrected chi connectivity index (χ3v) is 4.28. The summed E-state index contributed by atoms with van der Waals surface area (Å²) in [6.07, 6.45) is 2.22. The average molecular weight is 414 g/mol. The van der Waals surface area contributed by atoms with Gasteiger partial charge in [0.25, 0.3) is 0 Å². The Labute approximate surface area is 147 Å². The molecule has 2 heteroatoms. The lowest BCUT2D eigenvalue weighted by Gasteiger charge is -2.09. The Bertz CT molecular complexity index is 729. The molecule has 0 radical (unpaired) electrons. The Kier molecular flexibility index (Phi) is 4.91. The van der Waals surface area contributed by atoms with E-state index in [4.69, 9.17) is 0 Å². The Morgan fingerprint density at radius 2 is 1.09 bits per heavy atom. The lowest BCUT2D eigenvalue weighted by Crippen LogP contribution is -1.88. The van der Waals surface area contributed by atoms with E-state index in [-0.39, 0.29) is 0 Å². The standard InChI is InChI=1S/C20H14Br2/c21-18-11-15(12-19(22)14-18)13-20(16-7-3-1-4-8-16)17-9-5-2-6-10-17/h1-14H. The van der Waals surface area contributed by atoms with E-state index in [0.29, 0.717) is 0 Å². The molecule has 3 aromatic rings. The zero-order chi connectivity index (χ0) is 15.4. The number of hydrogen-bond acceptors (Lipinski definition) is 0. The van der Waals surface area contributed by atoms with Crippen molar-refractivity contribution in [3.63, 3.8) is 0 Å². The second-order valence-corrected chi connectivity index (χ2v) is 6.82. The van der Waals surface area contributed by atoms with Crippen molar-refractivity contribution in [2.24, 2.45) is 0 Å². The Hall–Kier alpha value is -1.64. The number of rotatable bonds is 3. The predicted octanol–water partition coefficient (Wildman–Crippen LogP) is 6.80. The molecule has 0 bridgehead atoms. The van der Waals surface area contributed by atoms with Crippen LogP contribution in [0.4, 0.5) is 0 Å². The molecule has 22 heavy (non-hydrogen) atoms. The van der Waals surface area contributed by atoms with Gasteiger partial charge in [-0.2, -0.15) is 0 Å². The van der Waals surface area contributed by atoms with Gasteiger partial charge >= 0.3 is 0 Å². The lowest BCUT2D eigenvalue weighted by molar-refractivity contribution is 1.53. The van der Waals surface area contributed by atoms with Crippen molar-refractivity contribution >= 4 is 43.5 Å². The maximum absolute atomic E-state index is 3.56. The summed E-state index contributed by atoms with van der Waals surface area (Å²) in [6.45, 7) is 0. The summed E-state index contributed by atoms with van der Waals surface area (Å²) in [5, 5.41) is 0. The van der Waals surface area contributed by atoms with Gasteiger partial charge in [0.05, 0.1) is 0 Å². The van der Waals surface area contributed by atoms with Crippen LogP contribution in [-0.4, -0.2) is 0 Å². The largest absolute Gasteiger partial charge is 0.0622 e. The first-order valence-electron chi connectivity index (χ1n) is 7.01. The maximum Gasteiger partial charge on any atom is 0.0192 e. The van der Waals surface area contributed by atoms with Crippen LogP contribution >= 0.6 is 31.9 Å². The van der Waals surface area contributed by atoms with E-state index in [9.17, 15) is 0 Å². The molecule has 0 N–H and O–H groups in total. The van der Waals surface area contributed by atoms with Crippen molar-refractivity contribution in [3.05, 3.63) is 104 Å². The van der Waals surface area contributed by atoms with Gasteiger partial charge in [0.1, 0.15) is 0 Å². The maximum atomic E-state index is 3.56. The van der Waals surface area contributed by atoms with Crippen LogP contribution in [0.3, 0.4) is 0 Å². The monoisotopic (exact) mass is 412 g/mol. The van der Waals surface area contributed by atoms with Crippen LogP contribution in [0.25, 0.3) is 11.6 Å². The van der Waals surface area contributed by atoms with E-state index < -0.39 is 0 Å². The summed E-state index contributed by atoms with van der Waals surface area (Å²) in [5.41, 5.74) is 4.80. The van der Waals surface area contributed by atoms with Gasteiger partial charge < -0.3 is 0 Å². The van der Waals surface area contributed by atoms with Gasteiger partial charge in [-0.25, -0.2) is 0 Å². The molecule has 0 unspecified atom stereocenters. The topological polar surface area (TPSA) is 0 Å². The van der Waals surface area contributed by atoms with Crippen molar-refractivity contribution in [2.75, 3.05) is 0 Å². The SMILES string of the molecule is Brc1cc(Br)cc(C=C(c2ccccc2)c2ccccc2)c1. The fourth-order valence-corrected chi connectivity index (χ4v) is 3.72. The van der Waals surface area contributed by atoms with Crippen LogP contribution in [0.1, 0.15) is 16.7 Å². The van der Waals surface area contributed by atoms with E-state index in [1.165, 1.54) is 16.7 Å². The van der Waals surface area contributed by atoms with Crippen LogP contribution in [0.2, 0.25) is 0 Å². The van der Waals surface area contributed by atoms with Gasteiger partial charge in [-0.15, -0.1) is 0 Å². The number of hydrogen-bond donors (Lipinski definition) is 0. The zero-order valence-corrected chi connectivity index (χ0v) is 15.0. The first-order valence-corrected chi connectivity index (χ1v) is 8.59. The third kappa shape index (κ3) is 3.76. The summed E-state index contributed by atoms with van der Waals surface area (Å²) in [5.74, 6) is 0. The first-order chi connectivity index (χ1) is 10.7. The number of benzene rings is 3. The third-order valence-electron chi connectivity index (χ3n) is 3.37. The Morgan fingerprint density at radius 1 is 0.636 bits per heavy atom. The molecule has 3 rings (SSSR count). The minimum absolute atomic E-state index is 1.06.